The van der Waals surface area contributed by atoms with E-state index in [1.165, 1.54) is 0 Å². The van der Waals surface area contributed by atoms with Crippen molar-refractivity contribution in [1.29, 1.82) is 0 Å². The highest BCUT2D eigenvalue weighted by atomic mass is 16.4. The maximum atomic E-state index is 12.3. The summed E-state index contributed by atoms with van der Waals surface area (Å²) >= 11 is 0. The van der Waals surface area contributed by atoms with Gasteiger partial charge in [0.2, 0.25) is 0 Å². The molecule has 1 aliphatic rings. The number of amides is 1. The first-order chi connectivity index (χ1) is 15.6. The van der Waals surface area contributed by atoms with Crippen molar-refractivity contribution < 1.29 is 14.7 Å². The molecule has 8 heteroatoms. The minimum atomic E-state index is -1.10. The van der Waals surface area contributed by atoms with Crippen LogP contribution in [0.15, 0.2) is 65.9 Å². The molecule has 0 bridgehead atoms. The predicted molar refractivity (Wildman–Crippen MR) is 130 cm³/mol. The van der Waals surface area contributed by atoms with Crippen molar-refractivity contribution >= 4 is 28.6 Å². The topological polar surface area (TPSA) is 131 Å². The summed E-state index contributed by atoms with van der Waals surface area (Å²) in [5, 5.41) is 12.9. The number of fused-ring (bicyclic) bond motifs is 1. The Labute approximate surface area is 194 Å². The molecule has 0 radical (unpaired) electrons. The second-order valence-electron chi connectivity index (χ2n) is 8.37. The highest BCUT2D eigenvalue weighted by Gasteiger charge is 2.43. The molecule has 8 nitrogen and oxygen atoms in total. The molecule has 4 rings (SSSR count). The van der Waals surface area contributed by atoms with Gasteiger partial charge in [-0.15, -0.1) is 0 Å². The molecule has 1 aromatic carbocycles. The molecular formula is C25H31N5O3. The highest BCUT2D eigenvalue weighted by Crippen LogP contribution is 2.28. The fourth-order valence-corrected chi connectivity index (χ4v) is 2.82. The van der Waals surface area contributed by atoms with E-state index in [1.807, 2.05) is 58.0 Å². The zero-order chi connectivity index (χ0) is 24.6. The summed E-state index contributed by atoms with van der Waals surface area (Å²) in [5.74, 6) is -1.15. The summed E-state index contributed by atoms with van der Waals surface area (Å²) < 4.78 is 0. The number of carbonyl (C=O) groups is 2. The number of para-hydroxylation sites is 1. The van der Waals surface area contributed by atoms with Gasteiger partial charge in [-0.1, -0.05) is 52.0 Å². The second-order valence-corrected chi connectivity index (χ2v) is 8.37. The molecular weight excluding hydrogens is 418 g/mol. The van der Waals surface area contributed by atoms with Gasteiger partial charge in [0, 0.05) is 17.8 Å². The average molecular weight is 450 g/mol. The van der Waals surface area contributed by atoms with Crippen LogP contribution in [0.4, 0.5) is 0 Å². The predicted octanol–water partition coefficient (Wildman–Crippen LogP) is 3.66. The van der Waals surface area contributed by atoms with Gasteiger partial charge in [-0.05, 0) is 43.1 Å². The first kappa shape index (κ1) is 25.6. The van der Waals surface area contributed by atoms with Crippen molar-refractivity contribution in [3.63, 3.8) is 0 Å². The van der Waals surface area contributed by atoms with E-state index in [2.05, 4.69) is 20.3 Å². The zero-order valence-electron chi connectivity index (χ0n) is 19.6. The standard InChI is InChI=1S/C17H17N3O3.C5H5N.C3H9N/c1-9(2)17(3)16(23)19-14(20-17)13-11(15(21)22)8-10-6-4-5-7-12(10)18-13;1-2-4-6-5-3-1;1-3(2)4/h4-9H,1-3H3,(H,21,22)(H,19,20,23);1-5H;3H,4H2,1-2H3. The lowest BCUT2D eigenvalue weighted by Crippen LogP contribution is -2.41. The van der Waals surface area contributed by atoms with E-state index in [1.54, 1.807) is 37.5 Å². The Kier molecular flexibility index (Phi) is 8.76. The van der Waals surface area contributed by atoms with E-state index >= 15 is 0 Å². The van der Waals surface area contributed by atoms with Gasteiger partial charge in [0.25, 0.3) is 5.91 Å². The van der Waals surface area contributed by atoms with Gasteiger partial charge >= 0.3 is 5.97 Å². The number of pyridine rings is 2. The summed E-state index contributed by atoms with van der Waals surface area (Å²) in [7, 11) is 0. The van der Waals surface area contributed by atoms with Gasteiger partial charge in [-0.3, -0.25) is 9.78 Å². The second kappa shape index (κ2) is 11.3. The minimum Gasteiger partial charge on any atom is -0.478 e. The summed E-state index contributed by atoms with van der Waals surface area (Å²) in [4.78, 5) is 36.5. The number of carboxylic acids is 1. The van der Waals surface area contributed by atoms with E-state index < -0.39 is 11.5 Å². The van der Waals surface area contributed by atoms with Crippen molar-refractivity contribution in [2.45, 2.75) is 46.2 Å². The van der Waals surface area contributed by atoms with E-state index in [-0.39, 0.29) is 28.9 Å². The third kappa shape index (κ3) is 6.66. The Morgan fingerprint density at radius 1 is 1.06 bits per heavy atom. The normalized spacial score (nSPS) is 17.0. The van der Waals surface area contributed by atoms with Crippen molar-refractivity contribution in [3.8, 4) is 0 Å². The van der Waals surface area contributed by atoms with Gasteiger partial charge in [-0.25, -0.2) is 14.8 Å². The van der Waals surface area contributed by atoms with Gasteiger partial charge < -0.3 is 16.2 Å². The van der Waals surface area contributed by atoms with Crippen molar-refractivity contribution in [3.05, 3.63) is 72.2 Å². The third-order valence-electron chi connectivity index (χ3n) is 4.91. The lowest BCUT2D eigenvalue weighted by Gasteiger charge is -2.21. The average Bonchev–Trinajstić information content (AvgIpc) is 3.09. The number of amidine groups is 1. The number of nitrogens with zero attached hydrogens (tertiary/aromatic N) is 3. The highest BCUT2D eigenvalue weighted by molar-refractivity contribution is 6.18. The van der Waals surface area contributed by atoms with E-state index in [0.29, 0.717) is 11.6 Å². The van der Waals surface area contributed by atoms with E-state index in [9.17, 15) is 14.7 Å². The lowest BCUT2D eigenvalue weighted by atomic mass is 9.89. The maximum absolute atomic E-state index is 12.3. The number of nitrogens with two attached hydrogens (primary N) is 1. The monoisotopic (exact) mass is 449 g/mol. The van der Waals surface area contributed by atoms with E-state index in [4.69, 9.17) is 5.73 Å². The summed E-state index contributed by atoms with van der Waals surface area (Å²) in [5.41, 5.74) is 5.06. The van der Waals surface area contributed by atoms with Gasteiger partial charge in [-0.2, -0.15) is 0 Å². The smallest absolute Gasteiger partial charge is 0.338 e. The van der Waals surface area contributed by atoms with Crippen molar-refractivity contribution in [1.82, 2.24) is 15.3 Å². The number of carboxylic acid groups (broad SMARTS) is 1. The molecule has 0 fully saturated rings. The first-order valence-corrected chi connectivity index (χ1v) is 10.7. The molecule has 0 saturated heterocycles. The van der Waals surface area contributed by atoms with Gasteiger partial charge in [0.15, 0.2) is 5.84 Å². The summed E-state index contributed by atoms with van der Waals surface area (Å²) in [6, 6.07) is 14.8. The van der Waals surface area contributed by atoms with Crippen LogP contribution in [0.5, 0.6) is 0 Å². The summed E-state index contributed by atoms with van der Waals surface area (Å²) in [6.45, 7) is 9.43. The Morgan fingerprint density at radius 2 is 1.67 bits per heavy atom. The largest absolute Gasteiger partial charge is 0.478 e. The van der Waals surface area contributed by atoms with Crippen LogP contribution in [0.3, 0.4) is 0 Å². The molecule has 2 aromatic heterocycles. The number of rotatable bonds is 3. The molecule has 3 heterocycles. The van der Waals surface area contributed by atoms with Gasteiger partial charge in [0.05, 0.1) is 11.1 Å². The number of aromatic nitrogens is 2. The van der Waals surface area contributed by atoms with Crippen molar-refractivity contribution in [2.75, 3.05) is 0 Å². The molecule has 0 saturated carbocycles. The minimum absolute atomic E-state index is 0.0197. The maximum Gasteiger partial charge on any atom is 0.338 e. The van der Waals surface area contributed by atoms with Crippen LogP contribution in [0.25, 0.3) is 10.9 Å². The van der Waals surface area contributed by atoms with Crippen LogP contribution >= 0.6 is 0 Å². The Bertz CT molecular complexity index is 1100. The lowest BCUT2D eigenvalue weighted by molar-refractivity contribution is -0.124. The number of nitrogens with one attached hydrogen (secondary N) is 1. The van der Waals surface area contributed by atoms with Gasteiger partial charge in [0.1, 0.15) is 11.2 Å². The molecule has 0 aliphatic carbocycles. The Balaban J connectivity index is 0.000000320. The molecule has 3 aromatic rings. The van der Waals surface area contributed by atoms with Crippen LogP contribution in [0.2, 0.25) is 0 Å². The molecule has 4 N–H and O–H groups in total. The molecule has 1 atom stereocenters. The number of benzene rings is 1. The molecule has 0 spiro atoms. The van der Waals surface area contributed by atoms with Crippen LogP contribution in [-0.2, 0) is 4.79 Å². The van der Waals surface area contributed by atoms with Crippen LogP contribution in [0, 0.1) is 5.92 Å². The molecule has 1 unspecified atom stereocenters. The fraction of sp³-hybridized carbons (Fsp3) is 0.320. The number of carbonyl (C=O) groups excluding carboxylic acids is 1. The number of hydrogen-bond donors (Lipinski definition) is 3. The zero-order valence-corrected chi connectivity index (χ0v) is 19.6. The van der Waals surface area contributed by atoms with Crippen LogP contribution in [-0.4, -0.2) is 44.4 Å². The Morgan fingerprint density at radius 3 is 2.12 bits per heavy atom. The van der Waals surface area contributed by atoms with Crippen LogP contribution in [0.1, 0.15) is 50.7 Å². The Hall–Kier alpha value is -3.65. The van der Waals surface area contributed by atoms with Crippen LogP contribution < -0.4 is 11.1 Å². The fourth-order valence-electron chi connectivity index (χ4n) is 2.82. The molecule has 174 valence electrons. The molecule has 1 amide bonds. The third-order valence-corrected chi connectivity index (χ3v) is 4.91. The van der Waals surface area contributed by atoms with Crippen molar-refractivity contribution in [2.24, 2.45) is 16.6 Å². The number of aliphatic imine (C=N–C) groups is 1. The number of hydrogen-bond acceptors (Lipinski definition) is 6. The summed E-state index contributed by atoms with van der Waals surface area (Å²) in [6.07, 6.45) is 3.50. The number of aromatic carboxylic acids is 1. The van der Waals surface area contributed by atoms with E-state index in [0.717, 1.165) is 5.39 Å². The first-order valence-electron chi connectivity index (χ1n) is 10.7. The molecule has 33 heavy (non-hydrogen) atoms. The SMILES string of the molecule is CC(C)C1(C)N=C(c2nc3ccccc3cc2C(=O)O)NC1=O.CC(C)N.c1ccncc1. The molecule has 1 aliphatic heterocycles. The quantitative estimate of drug-likeness (QED) is 0.559.